The van der Waals surface area contributed by atoms with Crippen molar-refractivity contribution in [1.82, 2.24) is 5.32 Å². The van der Waals surface area contributed by atoms with Gasteiger partial charge in [-0.1, -0.05) is 0 Å². The van der Waals surface area contributed by atoms with Gasteiger partial charge in [-0.05, 0) is 37.1 Å². The van der Waals surface area contributed by atoms with Gasteiger partial charge in [0.1, 0.15) is 0 Å². The molecule has 1 saturated carbocycles. The van der Waals surface area contributed by atoms with E-state index in [1.54, 1.807) is 24.3 Å². The number of benzene rings is 1. The third-order valence-electron chi connectivity index (χ3n) is 3.19. The second-order valence-corrected chi connectivity index (χ2v) is 4.65. The highest BCUT2D eigenvalue weighted by Crippen LogP contribution is 2.44. The van der Waals surface area contributed by atoms with Crippen molar-refractivity contribution in [3.63, 3.8) is 0 Å². The Kier molecular flexibility index (Phi) is 3.49. The summed E-state index contributed by atoms with van der Waals surface area (Å²) in [7, 11) is 0. The Balaban J connectivity index is 1.81. The molecule has 0 heterocycles. The third-order valence-corrected chi connectivity index (χ3v) is 3.19. The Bertz CT molecular complexity index is 472. The molecule has 5 heteroatoms. The highest BCUT2D eigenvalue weighted by molar-refractivity contribution is 5.89. The average molecular weight is 245 g/mol. The number of carbonyl (C=O) groups is 1. The summed E-state index contributed by atoms with van der Waals surface area (Å²) in [5, 5.41) is 23.2. The van der Waals surface area contributed by atoms with Crippen molar-refractivity contribution in [2.24, 2.45) is 5.41 Å². The number of nitrogens with one attached hydrogen (secondary N) is 2. The van der Waals surface area contributed by atoms with Crippen molar-refractivity contribution < 1.29 is 9.90 Å². The van der Waals surface area contributed by atoms with Crippen molar-refractivity contribution in [2.75, 3.05) is 18.5 Å². The monoisotopic (exact) mass is 245 g/mol. The summed E-state index contributed by atoms with van der Waals surface area (Å²) >= 11 is 0. The fraction of sp³-hybridized carbons (Fsp3) is 0.385. The quantitative estimate of drug-likeness (QED) is 0.750. The van der Waals surface area contributed by atoms with Gasteiger partial charge in [0.2, 0.25) is 0 Å². The van der Waals surface area contributed by atoms with E-state index >= 15 is 0 Å². The van der Waals surface area contributed by atoms with Gasteiger partial charge >= 0.3 is 6.03 Å². The number of nitriles is 1. The van der Waals surface area contributed by atoms with E-state index in [2.05, 4.69) is 10.6 Å². The Morgan fingerprint density at radius 1 is 1.39 bits per heavy atom. The number of aliphatic hydroxyl groups is 1. The van der Waals surface area contributed by atoms with Crippen LogP contribution in [0, 0.1) is 16.7 Å². The lowest BCUT2D eigenvalue weighted by Crippen LogP contribution is -2.35. The molecule has 0 bridgehead atoms. The molecule has 0 atom stereocenters. The fourth-order valence-electron chi connectivity index (χ4n) is 1.64. The number of aliphatic hydroxyl groups excluding tert-OH is 1. The Morgan fingerprint density at radius 3 is 2.56 bits per heavy atom. The van der Waals surface area contributed by atoms with Crippen molar-refractivity contribution in [2.45, 2.75) is 12.8 Å². The van der Waals surface area contributed by atoms with Gasteiger partial charge in [-0.2, -0.15) is 5.26 Å². The average Bonchev–Trinajstić information content (AvgIpc) is 3.18. The molecule has 2 amide bonds. The first kappa shape index (κ1) is 12.4. The molecule has 1 fully saturated rings. The predicted octanol–water partition coefficient (Wildman–Crippen LogP) is 1.45. The van der Waals surface area contributed by atoms with Gasteiger partial charge in [-0.25, -0.2) is 4.79 Å². The first-order valence-electron chi connectivity index (χ1n) is 5.83. The summed E-state index contributed by atoms with van der Waals surface area (Å²) < 4.78 is 0. The van der Waals surface area contributed by atoms with Crippen molar-refractivity contribution in [3.05, 3.63) is 29.8 Å². The molecule has 0 spiro atoms. The standard InChI is InChI=1S/C13H15N3O2/c14-7-10-1-3-11(4-2-10)16-12(18)15-8-13(9-17)5-6-13/h1-4,17H,5-6,8-9H2,(H2,15,16,18). The molecule has 3 N–H and O–H groups in total. The van der Waals surface area contributed by atoms with E-state index < -0.39 is 0 Å². The summed E-state index contributed by atoms with van der Waals surface area (Å²) in [6.45, 7) is 0.607. The van der Waals surface area contributed by atoms with E-state index in [0.717, 1.165) is 12.8 Å². The number of rotatable bonds is 4. The zero-order valence-electron chi connectivity index (χ0n) is 9.94. The topological polar surface area (TPSA) is 85.2 Å². The van der Waals surface area contributed by atoms with Crippen LogP contribution < -0.4 is 10.6 Å². The molecule has 1 aromatic rings. The molecule has 94 valence electrons. The highest BCUT2D eigenvalue weighted by atomic mass is 16.3. The SMILES string of the molecule is N#Cc1ccc(NC(=O)NCC2(CO)CC2)cc1. The van der Waals surface area contributed by atoms with Crippen molar-refractivity contribution in [1.29, 1.82) is 5.26 Å². The minimum atomic E-state index is -0.292. The second-order valence-electron chi connectivity index (χ2n) is 4.65. The van der Waals surface area contributed by atoms with Crippen LogP contribution in [0.2, 0.25) is 0 Å². The van der Waals surface area contributed by atoms with E-state index in [1.807, 2.05) is 6.07 Å². The highest BCUT2D eigenvalue weighted by Gasteiger charge is 2.42. The number of amides is 2. The molecule has 0 unspecified atom stereocenters. The molecular weight excluding hydrogens is 230 g/mol. The number of nitrogens with zero attached hydrogens (tertiary/aromatic N) is 1. The van der Waals surface area contributed by atoms with Crippen LogP contribution in [0.15, 0.2) is 24.3 Å². The van der Waals surface area contributed by atoms with Crippen LogP contribution in [-0.2, 0) is 0 Å². The maximum absolute atomic E-state index is 11.6. The molecule has 5 nitrogen and oxygen atoms in total. The van der Waals surface area contributed by atoms with E-state index in [1.165, 1.54) is 0 Å². The van der Waals surface area contributed by atoms with Crippen LogP contribution in [0.4, 0.5) is 10.5 Å². The largest absolute Gasteiger partial charge is 0.396 e. The van der Waals surface area contributed by atoms with Gasteiger partial charge in [0.05, 0.1) is 18.2 Å². The number of carbonyl (C=O) groups excluding carboxylic acids is 1. The van der Waals surface area contributed by atoms with E-state index in [4.69, 9.17) is 10.4 Å². The Hall–Kier alpha value is -2.06. The van der Waals surface area contributed by atoms with Gasteiger partial charge in [0, 0.05) is 17.6 Å². The predicted molar refractivity (Wildman–Crippen MR) is 66.9 cm³/mol. The number of urea groups is 1. The lowest BCUT2D eigenvalue weighted by Gasteiger charge is -2.13. The van der Waals surface area contributed by atoms with E-state index in [-0.39, 0.29) is 18.1 Å². The molecule has 0 radical (unpaired) electrons. The third kappa shape index (κ3) is 2.99. The van der Waals surface area contributed by atoms with Crippen LogP contribution >= 0.6 is 0 Å². The maximum Gasteiger partial charge on any atom is 0.319 e. The summed E-state index contributed by atoms with van der Waals surface area (Å²) in [5.41, 5.74) is 1.10. The van der Waals surface area contributed by atoms with Gasteiger partial charge < -0.3 is 15.7 Å². The number of anilines is 1. The second kappa shape index (κ2) is 5.07. The minimum Gasteiger partial charge on any atom is -0.396 e. The zero-order valence-corrected chi connectivity index (χ0v) is 9.94. The van der Waals surface area contributed by atoms with Gasteiger partial charge in [0.25, 0.3) is 0 Å². The van der Waals surface area contributed by atoms with Crippen LogP contribution in [0.5, 0.6) is 0 Å². The lowest BCUT2D eigenvalue weighted by molar-refractivity contribution is 0.206. The molecule has 1 aromatic carbocycles. The van der Waals surface area contributed by atoms with Gasteiger partial charge in [-0.15, -0.1) is 0 Å². The van der Waals surface area contributed by atoms with Gasteiger partial charge in [-0.3, -0.25) is 0 Å². The molecular formula is C13H15N3O2. The fourth-order valence-corrected chi connectivity index (χ4v) is 1.64. The van der Waals surface area contributed by atoms with Crippen molar-refractivity contribution in [3.8, 4) is 6.07 Å². The van der Waals surface area contributed by atoms with E-state index in [9.17, 15) is 4.79 Å². The summed E-state index contributed by atoms with van der Waals surface area (Å²) in [5.74, 6) is 0. The Morgan fingerprint density at radius 2 is 2.06 bits per heavy atom. The number of hydrogen-bond donors (Lipinski definition) is 3. The van der Waals surface area contributed by atoms with Crippen LogP contribution in [0.3, 0.4) is 0 Å². The summed E-state index contributed by atoms with van der Waals surface area (Å²) in [6.07, 6.45) is 1.92. The number of hydrogen-bond acceptors (Lipinski definition) is 3. The molecule has 1 aliphatic carbocycles. The molecule has 0 saturated heterocycles. The molecule has 2 rings (SSSR count). The van der Waals surface area contributed by atoms with Gasteiger partial charge in [0.15, 0.2) is 0 Å². The van der Waals surface area contributed by atoms with Crippen LogP contribution in [-0.4, -0.2) is 24.3 Å². The maximum atomic E-state index is 11.6. The van der Waals surface area contributed by atoms with Crippen LogP contribution in [0.1, 0.15) is 18.4 Å². The van der Waals surface area contributed by atoms with Crippen LogP contribution in [0.25, 0.3) is 0 Å². The van der Waals surface area contributed by atoms with Crippen molar-refractivity contribution >= 4 is 11.7 Å². The summed E-state index contributed by atoms with van der Waals surface area (Å²) in [4.78, 5) is 11.6. The smallest absolute Gasteiger partial charge is 0.319 e. The molecule has 0 aromatic heterocycles. The molecule has 0 aliphatic heterocycles. The minimum absolute atomic E-state index is 0.0952. The van der Waals surface area contributed by atoms with E-state index in [0.29, 0.717) is 17.8 Å². The first-order chi connectivity index (χ1) is 8.67. The lowest BCUT2D eigenvalue weighted by atomic mass is 10.1. The Labute approximate surface area is 105 Å². The zero-order chi connectivity index (χ0) is 13.0. The molecule has 18 heavy (non-hydrogen) atoms. The molecule has 1 aliphatic rings. The first-order valence-corrected chi connectivity index (χ1v) is 5.83. The normalized spacial score (nSPS) is 15.6. The summed E-state index contributed by atoms with van der Waals surface area (Å²) in [6, 6.07) is 8.36.